The number of nitrogens with two attached hydrogens (primary N) is 1. The predicted octanol–water partition coefficient (Wildman–Crippen LogP) is 2.67. The van der Waals surface area contributed by atoms with Gasteiger partial charge in [0, 0.05) is 10.6 Å². The van der Waals surface area contributed by atoms with E-state index in [0.29, 0.717) is 10.0 Å². The summed E-state index contributed by atoms with van der Waals surface area (Å²) in [6.45, 7) is -0.0652. The average Bonchev–Trinajstić information content (AvgIpc) is 3.08. The minimum Gasteiger partial charge on any atom is -0.457 e. The molecule has 7 nitrogen and oxygen atoms in total. The van der Waals surface area contributed by atoms with Crippen LogP contribution in [0.4, 0.5) is 0 Å². The van der Waals surface area contributed by atoms with Crippen molar-refractivity contribution in [2.24, 2.45) is 5.73 Å². The second kappa shape index (κ2) is 8.81. The van der Waals surface area contributed by atoms with Crippen molar-refractivity contribution in [3.05, 3.63) is 64.1 Å². The van der Waals surface area contributed by atoms with Gasteiger partial charge < -0.3 is 15.8 Å². The minimum absolute atomic E-state index is 0.0652. The number of hydrogen-bond donors (Lipinski definition) is 2. The first-order valence-corrected chi connectivity index (χ1v) is 9.47. The van der Waals surface area contributed by atoms with Crippen LogP contribution in [-0.4, -0.2) is 28.8 Å². The summed E-state index contributed by atoms with van der Waals surface area (Å²) in [6.07, 6.45) is -0.377. The Morgan fingerprint density at radius 1 is 1.14 bits per heavy atom. The number of para-hydroxylation sites is 1. The molecule has 1 aromatic heterocycles. The molecule has 0 spiro atoms. The number of aromatic nitrogens is 1. The first-order valence-electron chi connectivity index (χ1n) is 8.28. The van der Waals surface area contributed by atoms with Gasteiger partial charge in [0.05, 0.1) is 16.6 Å². The van der Waals surface area contributed by atoms with Gasteiger partial charge in [0.15, 0.2) is 0 Å². The zero-order valence-corrected chi connectivity index (χ0v) is 16.1. The summed E-state index contributed by atoms with van der Waals surface area (Å²) in [4.78, 5) is 40.4. The normalized spacial score (nSPS) is 11.8. The molecule has 0 aliphatic heterocycles. The third-order valence-electron chi connectivity index (χ3n) is 3.78. The molecule has 144 valence electrons. The standard InChI is InChI=1S/C19H16ClN3O4S/c20-12-7-5-11(6-8-12)18(25)23-14(9-16(21)24)19(26)27-10-17-22-13-3-1-2-4-15(13)28-17/h1-8,14H,9-10H2,(H2,21,24)(H,23,25). The highest BCUT2D eigenvalue weighted by Gasteiger charge is 2.25. The van der Waals surface area contributed by atoms with Crippen LogP contribution in [0.1, 0.15) is 21.8 Å². The highest BCUT2D eigenvalue weighted by Crippen LogP contribution is 2.22. The van der Waals surface area contributed by atoms with Crippen LogP contribution in [0.15, 0.2) is 48.5 Å². The largest absolute Gasteiger partial charge is 0.457 e. The van der Waals surface area contributed by atoms with E-state index in [0.717, 1.165) is 10.2 Å². The maximum Gasteiger partial charge on any atom is 0.329 e. The van der Waals surface area contributed by atoms with E-state index in [9.17, 15) is 14.4 Å². The summed E-state index contributed by atoms with van der Waals surface area (Å²) in [5.41, 5.74) is 6.30. The van der Waals surface area contributed by atoms with E-state index >= 15 is 0 Å². The van der Waals surface area contributed by atoms with Crippen molar-refractivity contribution in [1.29, 1.82) is 0 Å². The van der Waals surface area contributed by atoms with Crippen LogP contribution in [0.25, 0.3) is 10.2 Å². The Hall–Kier alpha value is -2.97. The first-order chi connectivity index (χ1) is 13.4. The quantitative estimate of drug-likeness (QED) is 0.574. The van der Waals surface area contributed by atoms with E-state index in [-0.39, 0.29) is 18.6 Å². The van der Waals surface area contributed by atoms with Crippen molar-refractivity contribution in [1.82, 2.24) is 10.3 Å². The molecular weight excluding hydrogens is 402 g/mol. The van der Waals surface area contributed by atoms with Crippen molar-refractivity contribution in [2.45, 2.75) is 19.1 Å². The monoisotopic (exact) mass is 417 g/mol. The molecule has 0 fully saturated rings. The van der Waals surface area contributed by atoms with Crippen LogP contribution >= 0.6 is 22.9 Å². The van der Waals surface area contributed by atoms with Crippen LogP contribution < -0.4 is 11.1 Å². The molecule has 3 rings (SSSR count). The van der Waals surface area contributed by atoms with Crippen molar-refractivity contribution >= 4 is 50.9 Å². The van der Waals surface area contributed by atoms with E-state index in [1.807, 2.05) is 24.3 Å². The second-order valence-electron chi connectivity index (χ2n) is 5.89. The van der Waals surface area contributed by atoms with E-state index in [2.05, 4.69) is 10.3 Å². The number of benzene rings is 2. The van der Waals surface area contributed by atoms with Gasteiger partial charge in [0.2, 0.25) is 5.91 Å². The maximum absolute atomic E-state index is 12.4. The third-order valence-corrected chi connectivity index (χ3v) is 5.04. The topological polar surface area (TPSA) is 111 Å². The van der Waals surface area contributed by atoms with E-state index in [4.69, 9.17) is 22.1 Å². The molecule has 3 aromatic rings. The molecule has 2 aromatic carbocycles. The molecule has 0 saturated carbocycles. The fourth-order valence-electron chi connectivity index (χ4n) is 2.45. The van der Waals surface area contributed by atoms with Crippen LogP contribution in [0.3, 0.4) is 0 Å². The Kier molecular flexibility index (Phi) is 6.23. The molecule has 1 atom stereocenters. The summed E-state index contributed by atoms with van der Waals surface area (Å²) < 4.78 is 6.21. The number of halogens is 1. The van der Waals surface area contributed by atoms with Crippen LogP contribution in [0.5, 0.6) is 0 Å². The van der Waals surface area contributed by atoms with Gasteiger partial charge in [-0.25, -0.2) is 9.78 Å². The zero-order valence-electron chi connectivity index (χ0n) is 14.6. The number of carbonyl (C=O) groups is 3. The lowest BCUT2D eigenvalue weighted by atomic mass is 10.1. The maximum atomic E-state index is 12.4. The number of carbonyl (C=O) groups excluding carboxylic acids is 3. The molecule has 0 aliphatic carbocycles. The molecule has 1 unspecified atom stereocenters. The number of nitrogens with one attached hydrogen (secondary N) is 1. The van der Waals surface area contributed by atoms with Crippen molar-refractivity contribution in [3.63, 3.8) is 0 Å². The van der Waals surface area contributed by atoms with Crippen LogP contribution in [-0.2, 0) is 20.9 Å². The van der Waals surface area contributed by atoms with E-state index in [1.165, 1.54) is 23.5 Å². The van der Waals surface area contributed by atoms with Crippen molar-refractivity contribution in [2.75, 3.05) is 0 Å². The molecule has 2 amide bonds. The number of fused-ring (bicyclic) bond motifs is 1. The molecule has 1 heterocycles. The first kappa shape index (κ1) is 19.8. The number of esters is 1. The number of thiazole rings is 1. The highest BCUT2D eigenvalue weighted by molar-refractivity contribution is 7.18. The Morgan fingerprint density at radius 2 is 1.86 bits per heavy atom. The molecule has 0 saturated heterocycles. The number of hydrogen-bond acceptors (Lipinski definition) is 6. The number of nitrogens with zero attached hydrogens (tertiary/aromatic N) is 1. The van der Waals surface area contributed by atoms with Gasteiger partial charge >= 0.3 is 5.97 Å². The summed E-state index contributed by atoms with van der Waals surface area (Å²) in [5, 5.41) is 3.55. The minimum atomic E-state index is -1.20. The van der Waals surface area contributed by atoms with E-state index < -0.39 is 23.8 Å². The number of ether oxygens (including phenoxy) is 1. The van der Waals surface area contributed by atoms with Crippen molar-refractivity contribution in [3.8, 4) is 0 Å². The fourth-order valence-corrected chi connectivity index (χ4v) is 3.46. The molecule has 0 bridgehead atoms. The van der Waals surface area contributed by atoms with Gasteiger partial charge in [-0.15, -0.1) is 11.3 Å². The van der Waals surface area contributed by atoms with Gasteiger partial charge in [-0.2, -0.15) is 0 Å². The average molecular weight is 418 g/mol. The number of primary amides is 1. The SMILES string of the molecule is NC(=O)CC(NC(=O)c1ccc(Cl)cc1)C(=O)OCc1nc2ccccc2s1. The molecular formula is C19H16ClN3O4S. The Morgan fingerprint density at radius 3 is 2.54 bits per heavy atom. The molecule has 0 radical (unpaired) electrons. The fraction of sp³-hybridized carbons (Fsp3) is 0.158. The summed E-state index contributed by atoms with van der Waals surface area (Å²) >= 11 is 7.20. The zero-order chi connectivity index (χ0) is 20.1. The Bertz CT molecular complexity index is 986. The molecule has 0 aliphatic rings. The predicted molar refractivity (Wildman–Crippen MR) is 106 cm³/mol. The molecule has 3 N–H and O–H groups in total. The number of amides is 2. The highest BCUT2D eigenvalue weighted by atomic mass is 35.5. The molecule has 28 heavy (non-hydrogen) atoms. The summed E-state index contributed by atoms with van der Waals surface area (Å²) in [5.74, 6) is -2.04. The van der Waals surface area contributed by atoms with Crippen LogP contribution in [0, 0.1) is 0 Å². The Balaban J connectivity index is 1.65. The Labute approximate surface area is 169 Å². The second-order valence-corrected chi connectivity index (χ2v) is 7.44. The lowest BCUT2D eigenvalue weighted by molar-refractivity contribution is -0.148. The van der Waals surface area contributed by atoms with Gasteiger partial charge in [-0.1, -0.05) is 23.7 Å². The third kappa shape index (κ3) is 5.05. The lowest BCUT2D eigenvalue weighted by Crippen LogP contribution is -2.44. The molecule has 9 heteroatoms. The van der Waals surface area contributed by atoms with Gasteiger partial charge in [0.25, 0.3) is 5.91 Å². The van der Waals surface area contributed by atoms with E-state index in [1.54, 1.807) is 12.1 Å². The summed E-state index contributed by atoms with van der Waals surface area (Å²) in [6, 6.07) is 12.4. The number of rotatable bonds is 7. The van der Waals surface area contributed by atoms with Gasteiger partial charge in [-0.05, 0) is 36.4 Å². The van der Waals surface area contributed by atoms with Crippen LogP contribution in [0.2, 0.25) is 5.02 Å². The smallest absolute Gasteiger partial charge is 0.329 e. The van der Waals surface area contributed by atoms with Gasteiger partial charge in [0.1, 0.15) is 17.7 Å². The lowest BCUT2D eigenvalue weighted by Gasteiger charge is -2.16. The van der Waals surface area contributed by atoms with Crippen molar-refractivity contribution < 1.29 is 19.1 Å². The summed E-state index contributed by atoms with van der Waals surface area (Å²) in [7, 11) is 0. The van der Waals surface area contributed by atoms with Gasteiger partial charge in [-0.3, -0.25) is 9.59 Å².